The van der Waals surface area contributed by atoms with Gasteiger partial charge in [0.25, 0.3) is 0 Å². The monoisotopic (exact) mass is 273 g/mol. The molecular weight excluding hydrogens is 258 g/mol. The zero-order valence-corrected chi connectivity index (χ0v) is 11.4. The predicted octanol–water partition coefficient (Wildman–Crippen LogP) is 1.70. The van der Waals surface area contributed by atoms with Crippen LogP contribution in [0.3, 0.4) is 0 Å². The topological polar surface area (TPSA) is 46.1 Å². The van der Waals surface area contributed by atoms with Crippen molar-refractivity contribution in [1.82, 2.24) is 14.9 Å². The molecule has 0 saturated carbocycles. The molecule has 19 heavy (non-hydrogen) atoms. The first kappa shape index (κ1) is 12.4. The summed E-state index contributed by atoms with van der Waals surface area (Å²) in [5.41, 5.74) is 2.99. The molecule has 3 rings (SSSR count). The largest absolute Gasteiger partial charge is 0.341 e. The van der Waals surface area contributed by atoms with Crippen LogP contribution in [0.25, 0.3) is 11.0 Å². The highest BCUT2D eigenvalue weighted by Gasteiger charge is 2.26. The van der Waals surface area contributed by atoms with E-state index in [1.54, 1.807) is 12.4 Å². The minimum Gasteiger partial charge on any atom is -0.341 e. The lowest BCUT2D eigenvalue weighted by Gasteiger charge is -2.15. The normalized spacial score (nSPS) is 19.3. The standard InChI is InChI=1S/C14H15N3OS/c18-14-8-11(19)9-17(14)6-3-10-1-2-12-13(7-10)16-5-4-15-12/h1-2,4-5,7,11,19H,3,6,8-9H2. The van der Waals surface area contributed by atoms with Crippen LogP contribution in [0.1, 0.15) is 12.0 Å². The van der Waals surface area contributed by atoms with Crippen LogP contribution in [0.5, 0.6) is 0 Å². The summed E-state index contributed by atoms with van der Waals surface area (Å²) in [7, 11) is 0. The minimum absolute atomic E-state index is 0.190. The van der Waals surface area contributed by atoms with Gasteiger partial charge in [0.15, 0.2) is 0 Å². The average molecular weight is 273 g/mol. The number of benzene rings is 1. The van der Waals surface area contributed by atoms with Crippen molar-refractivity contribution in [3.8, 4) is 0 Å². The summed E-state index contributed by atoms with van der Waals surface area (Å²) in [6.07, 6.45) is 4.80. The second kappa shape index (κ2) is 5.17. The summed E-state index contributed by atoms with van der Waals surface area (Å²) >= 11 is 4.36. The van der Waals surface area contributed by atoms with Crippen molar-refractivity contribution in [2.24, 2.45) is 0 Å². The van der Waals surface area contributed by atoms with Gasteiger partial charge in [0, 0.05) is 37.2 Å². The van der Waals surface area contributed by atoms with Gasteiger partial charge in [-0.15, -0.1) is 0 Å². The number of hydrogen-bond acceptors (Lipinski definition) is 4. The van der Waals surface area contributed by atoms with Crippen molar-refractivity contribution >= 4 is 29.6 Å². The Hall–Kier alpha value is -1.62. The summed E-state index contributed by atoms with van der Waals surface area (Å²) < 4.78 is 0. The lowest BCUT2D eigenvalue weighted by atomic mass is 10.1. The second-order valence-corrected chi connectivity index (χ2v) is 5.56. The molecule has 0 spiro atoms. The van der Waals surface area contributed by atoms with Gasteiger partial charge in [-0.1, -0.05) is 6.07 Å². The van der Waals surface area contributed by atoms with Crippen molar-refractivity contribution in [2.45, 2.75) is 18.1 Å². The molecule has 0 N–H and O–H groups in total. The van der Waals surface area contributed by atoms with E-state index in [2.05, 4.69) is 28.7 Å². The maximum absolute atomic E-state index is 11.7. The molecule has 5 heteroatoms. The molecule has 1 unspecified atom stereocenters. The van der Waals surface area contributed by atoms with Gasteiger partial charge in [-0.05, 0) is 24.1 Å². The third-order valence-electron chi connectivity index (χ3n) is 3.40. The Morgan fingerprint density at radius 2 is 2.05 bits per heavy atom. The molecule has 4 nitrogen and oxygen atoms in total. The smallest absolute Gasteiger partial charge is 0.223 e. The van der Waals surface area contributed by atoms with Crippen LogP contribution in [0.15, 0.2) is 30.6 Å². The Balaban J connectivity index is 1.70. The molecule has 2 heterocycles. The highest BCUT2D eigenvalue weighted by Crippen LogP contribution is 2.17. The first-order valence-electron chi connectivity index (χ1n) is 6.38. The number of fused-ring (bicyclic) bond motifs is 1. The highest BCUT2D eigenvalue weighted by atomic mass is 32.1. The maximum atomic E-state index is 11.7. The van der Waals surface area contributed by atoms with E-state index in [1.165, 1.54) is 5.56 Å². The Kier molecular flexibility index (Phi) is 3.38. The van der Waals surface area contributed by atoms with Crippen LogP contribution in [0.4, 0.5) is 0 Å². The molecule has 1 aliphatic heterocycles. The van der Waals surface area contributed by atoms with Crippen LogP contribution in [0.2, 0.25) is 0 Å². The van der Waals surface area contributed by atoms with Crippen LogP contribution in [-0.2, 0) is 11.2 Å². The lowest BCUT2D eigenvalue weighted by molar-refractivity contribution is -0.127. The summed E-state index contributed by atoms with van der Waals surface area (Å²) in [4.78, 5) is 22.1. The summed E-state index contributed by atoms with van der Waals surface area (Å²) in [6.45, 7) is 1.51. The van der Waals surface area contributed by atoms with E-state index >= 15 is 0 Å². The van der Waals surface area contributed by atoms with Gasteiger partial charge >= 0.3 is 0 Å². The predicted molar refractivity (Wildman–Crippen MR) is 77.2 cm³/mol. The van der Waals surface area contributed by atoms with Crippen molar-refractivity contribution in [3.63, 3.8) is 0 Å². The third-order valence-corrected chi connectivity index (χ3v) is 3.74. The molecule has 1 aromatic heterocycles. The van der Waals surface area contributed by atoms with E-state index in [0.29, 0.717) is 6.42 Å². The first-order chi connectivity index (χ1) is 9.22. The Morgan fingerprint density at radius 1 is 1.26 bits per heavy atom. The zero-order chi connectivity index (χ0) is 13.2. The van der Waals surface area contributed by atoms with Gasteiger partial charge in [0.2, 0.25) is 5.91 Å². The zero-order valence-electron chi connectivity index (χ0n) is 10.5. The van der Waals surface area contributed by atoms with Crippen molar-refractivity contribution < 1.29 is 4.79 Å². The summed E-state index contributed by atoms with van der Waals surface area (Å²) in [5.74, 6) is 0.209. The lowest BCUT2D eigenvalue weighted by Crippen LogP contribution is -2.27. The van der Waals surface area contributed by atoms with Gasteiger partial charge in [-0.3, -0.25) is 14.8 Å². The quantitative estimate of drug-likeness (QED) is 0.866. The summed E-state index contributed by atoms with van der Waals surface area (Å²) in [6, 6.07) is 6.07. The molecule has 1 fully saturated rings. The molecule has 1 saturated heterocycles. The fraction of sp³-hybridized carbons (Fsp3) is 0.357. The second-order valence-electron chi connectivity index (χ2n) is 4.83. The molecular formula is C14H15N3OS. The van der Waals surface area contributed by atoms with E-state index in [1.807, 2.05) is 17.0 Å². The van der Waals surface area contributed by atoms with Gasteiger partial charge in [-0.25, -0.2) is 0 Å². The Labute approximate surface area is 117 Å². The minimum atomic E-state index is 0.190. The van der Waals surface area contributed by atoms with Crippen molar-refractivity contribution in [2.75, 3.05) is 13.1 Å². The molecule has 1 aromatic carbocycles. The van der Waals surface area contributed by atoms with Crippen LogP contribution < -0.4 is 0 Å². The SMILES string of the molecule is O=C1CC(S)CN1CCc1ccc2nccnc2c1. The molecule has 98 valence electrons. The van der Waals surface area contributed by atoms with Crippen molar-refractivity contribution in [1.29, 1.82) is 0 Å². The number of aromatic nitrogens is 2. The van der Waals surface area contributed by atoms with Gasteiger partial charge < -0.3 is 4.90 Å². The fourth-order valence-corrected chi connectivity index (χ4v) is 2.75. The molecule has 0 bridgehead atoms. The third kappa shape index (κ3) is 2.71. The molecule has 1 aliphatic rings. The molecule has 0 aliphatic carbocycles. The molecule has 2 aromatic rings. The Morgan fingerprint density at radius 3 is 2.79 bits per heavy atom. The number of likely N-dealkylation sites (tertiary alicyclic amines) is 1. The van der Waals surface area contributed by atoms with Gasteiger partial charge in [0.05, 0.1) is 11.0 Å². The van der Waals surface area contributed by atoms with E-state index in [9.17, 15) is 4.79 Å². The van der Waals surface area contributed by atoms with E-state index < -0.39 is 0 Å². The number of hydrogen-bond donors (Lipinski definition) is 1. The van der Waals surface area contributed by atoms with E-state index in [-0.39, 0.29) is 11.2 Å². The average Bonchev–Trinajstić information content (AvgIpc) is 2.74. The number of amides is 1. The van der Waals surface area contributed by atoms with Crippen LogP contribution >= 0.6 is 12.6 Å². The molecule has 1 atom stereocenters. The van der Waals surface area contributed by atoms with E-state index in [0.717, 1.165) is 30.5 Å². The highest BCUT2D eigenvalue weighted by molar-refractivity contribution is 7.81. The van der Waals surface area contributed by atoms with Gasteiger partial charge in [-0.2, -0.15) is 12.6 Å². The molecule has 1 amide bonds. The Bertz CT molecular complexity index is 616. The number of nitrogens with zero attached hydrogens (tertiary/aromatic N) is 3. The number of thiol groups is 1. The number of rotatable bonds is 3. The van der Waals surface area contributed by atoms with Crippen LogP contribution in [0, 0.1) is 0 Å². The van der Waals surface area contributed by atoms with Crippen molar-refractivity contribution in [3.05, 3.63) is 36.2 Å². The number of carbonyl (C=O) groups is 1. The fourth-order valence-electron chi connectivity index (χ4n) is 2.40. The summed E-state index contributed by atoms with van der Waals surface area (Å²) in [5, 5.41) is 0.190. The maximum Gasteiger partial charge on any atom is 0.223 e. The van der Waals surface area contributed by atoms with Crippen LogP contribution in [-0.4, -0.2) is 39.1 Å². The van der Waals surface area contributed by atoms with Gasteiger partial charge in [0.1, 0.15) is 0 Å². The van der Waals surface area contributed by atoms with E-state index in [4.69, 9.17) is 0 Å². The number of carbonyl (C=O) groups excluding carboxylic acids is 1. The molecule has 0 radical (unpaired) electrons. The first-order valence-corrected chi connectivity index (χ1v) is 6.89.